The minimum atomic E-state index is -0.936. The third-order valence-electron chi connectivity index (χ3n) is 2.10. The maximum absolute atomic E-state index is 12.9. The highest BCUT2D eigenvalue weighted by molar-refractivity contribution is 5.76. The maximum atomic E-state index is 12.9. The Labute approximate surface area is 88.1 Å². The summed E-state index contributed by atoms with van der Waals surface area (Å²) in [6, 6.07) is 5.72. The molecule has 0 aliphatic rings. The van der Waals surface area contributed by atoms with Crippen LogP contribution in [-0.4, -0.2) is 36.6 Å². The smallest absolute Gasteiger partial charge is 0.312 e. The van der Waals surface area contributed by atoms with Gasteiger partial charge in [-0.2, -0.15) is 0 Å². The van der Waals surface area contributed by atoms with Gasteiger partial charge in [-0.25, -0.2) is 4.39 Å². The number of nitrogens with zero attached hydrogens (tertiary/aromatic N) is 1. The Balaban J connectivity index is 2.94. The summed E-state index contributed by atoms with van der Waals surface area (Å²) in [5.41, 5.74) is 0.496. The van der Waals surface area contributed by atoms with Crippen LogP contribution in [0.15, 0.2) is 24.3 Å². The number of rotatable bonds is 4. The van der Waals surface area contributed by atoms with Gasteiger partial charge in [0.15, 0.2) is 0 Å². The van der Waals surface area contributed by atoms with Crippen LogP contribution in [0.25, 0.3) is 0 Å². The summed E-state index contributed by atoms with van der Waals surface area (Å²) in [6.07, 6.45) is 0. The van der Waals surface area contributed by atoms with Gasteiger partial charge in [-0.05, 0) is 31.8 Å². The van der Waals surface area contributed by atoms with Gasteiger partial charge in [0.25, 0.3) is 0 Å². The molecule has 3 nitrogen and oxygen atoms in total. The minimum Gasteiger partial charge on any atom is -0.481 e. The minimum absolute atomic E-state index is 0.360. The molecule has 1 atom stereocenters. The van der Waals surface area contributed by atoms with Crippen LogP contribution >= 0.6 is 0 Å². The van der Waals surface area contributed by atoms with E-state index in [2.05, 4.69) is 0 Å². The van der Waals surface area contributed by atoms with Crippen molar-refractivity contribution in [1.29, 1.82) is 0 Å². The molecular weight excluding hydrogens is 197 g/mol. The van der Waals surface area contributed by atoms with E-state index in [0.29, 0.717) is 12.1 Å². The van der Waals surface area contributed by atoms with E-state index in [1.54, 1.807) is 25.1 Å². The molecule has 0 heterocycles. The van der Waals surface area contributed by atoms with Gasteiger partial charge in [-0.15, -0.1) is 0 Å². The quantitative estimate of drug-likeness (QED) is 0.821. The number of halogens is 1. The Hall–Kier alpha value is -1.42. The molecule has 15 heavy (non-hydrogen) atoms. The molecular formula is C11H14FNO2. The molecule has 0 spiro atoms. The summed E-state index contributed by atoms with van der Waals surface area (Å²) < 4.78 is 12.9. The Kier molecular flexibility index (Phi) is 3.80. The van der Waals surface area contributed by atoms with Crippen LogP contribution < -0.4 is 0 Å². The van der Waals surface area contributed by atoms with E-state index < -0.39 is 17.7 Å². The van der Waals surface area contributed by atoms with Gasteiger partial charge in [-0.3, -0.25) is 4.79 Å². The summed E-state index contributed by atoms with van der Waals surface area (Å²) in [6.45, 7) is 0.360. The number of carboxylic acid groups (broad SMARTS) is 1. The van der Waals surface area contributed by atoms with Crippen molar-refractivity contribution in [2.75, 3.05) is 20.6 Å². The monoisotopic (exact) mass is 211 g/mol. The maximum Gasteiger partial charge on any atom is 0.312 e. The fourth-order valence-electron chi connectivity index (χ4n) is 1.41. The van der Waals surface area contributed by atoms with Gasteiger partial charge >= 0.3 is 5.97 Å². The Morgan fingerprint density at radius 1 is 1.53 bits per heavy atom. The fourth-order valence-corrected chi connectivity index (χ4v) is 1.41. The van der Waals surface area contributed by atoms with E-state index in [9.17, 15) is 9.18 Å². The highest BCUT2D eigenvalue weighted by Crippen LogP contribution is 2.17. The number of benzene rings is 1. The normalized spacial score (nSPS) is 12.8. The highest BCUT2D eigenvalue weighted by atomic mass is 19.1. The second-order valence-corrected chi connectivity index (χ2v) is 3.71. The second-order valence-electron chi connectivity index (χ2n) is 3.71. The largest absolute Gasteiger partial charge is 0.481 e. The number of aliphatic carboxylic acids is 1. The van der Waals surface area contributed by atoms with Crippen molar-refractivity contribution >= 4 is 5.97 Å². The first-order valence-corrected chi connectivity index (χ1v) is 4.63. The molecule has 0 saturated heterocycles. The number of carbonyl (C=O) groups is 1. The molecule has 0 saturated carbocycles. The van der Waals surface area contributed by atoms with Crippen LogP contribution in [0.5, 0.6) is 0 Å². The summed E-state index contributed by atoms with van der Waals surface area (Å²) in [5, 5.41) is 9.02. The molecule has 0 bridgehead atoms. The van der Waals surface area contributed by atoms with E-state index in [1.807, 2.05) is 0 Å². The number of hydrogen-bond donors (Lipinski definition) is 1. The lowest BCUT2D eigenvalue weighted by Gasteiger charge is -2.17. The molecule has 1 aromatic carbocycles. The zero-order chi connectivity index (χ0) is 11.4. The van der Waals surface area contributed by atoms with E-state index in [1.165, 1.54) is 18.2 Å². The van der Waals surface area contributed by atoms with Gasteiger partial charge < -0.3 is 10.0 Å². The zero-order valence-corrected chi connectivity index (χ0v) is 8.77. The molecule has 0 amide bonds. The predicted octanol–water partition coefficient (Wildman–Crippen LogP) is 1.56. The molecule has 1 aromatic rings. The third-order valence-corrected chi connectivity index (χ3v) is 2.10. The summed E-state index contributed by atoms with van der Waals surface area (Å²) >= 11 is 0. The Morgan fingerprint density at radius 3 is 2.67 bits per heavy atom. The lowest BCUT2D eigenvalue weighted by Crippen LogP contribution is -2.26. The van der Waals surface area contributed by atoms with E-state index in [4.69, 9.17) is 5.11 Å². The molecule has 0 fully saturated rings. The van der Waals surface area contributed by atoms with Crippen LogP contribution in [0.1, 0.15) is 11.5 Å². The van der Waals surface area contributed by atoms with E-state index >= 15 is 0 Å². The number of carboxylic acids is 1. The molecule has 1 N–H and O–H groups in total. The third kappa shape index (κ3) is 3.32. The van der Waals surface area contributed by atoms with E-state index in [-0.39, 0.29) is 0 Å². The molecule has 0 radical (unpaired) electrons. The lowest BCUT2D eigenvalue weighted by molar-refractivity contribution is -0.139. The van der Waals surface area contributed by atoms with E-state index in [0.717, 1.165) is 0 Å². The molecule has 0 aliphatic carbocycles. The van der Waals surface area contributed by atoms with Gasteiger partial charge in [0.2, 0.25) is 0 Å². The molecule has 0 aromatic heterocycles. The van der Waals surface area contributed by atoms with Crippen LogP contribution in [-0.2, 0) is 4.79 Å². The average Bonchev–Trinajstić information content (AvgIpc) is 2.13. The Morgan fingerprint density at radius 2 is 2.20 bits per heavy atom. The van der Waals surface area contributed by atoms with Crippen LogP contribution in [0.4, 0.5) is 4.39 Å². The first-order valence-electron chi connectivity index (χ1n) is 4.63. The van der Waals surface area contributed by atoms with Crippen molar-refractivity contribution in [1.82, 2.24) is 4.90 Å². The standard InChI is InChI=1S/C11H14FNO2/c1-13(2)7-10(11(14)15)8-4-3-5-9(12)6-8/h3-6,10H,7H2,1-2H3,(H,14,15). The Bertz CT molecular complexity index is 352. The lowest BCUT2D eigenvalue weighted by atomic mass is 9.99. The van der Waals surface area contributed by atoms with Crippen molar-refractivity contribution in [3.8, 4) is 0 Å². The summed E-state index contributed by atoms with van der Waals surface area (Å²) in [7, 11) is 3.57. The van der Waals surface area contributed by atoms with Gasteiger partial charge in [0.1, 0.15) is 5.82 Å². The molecule has 0 aliphatic heterocycles. The first-order chi connectivity index (χ1) is 7.00. The summed E-state index contributed by atoms with van der Waals surface area (Å²) in [4.78, 5) is 12.8. The number of hydrogen-bond acceptors (Lipinski definition) is 2. The van der Waals surface area contributed by atoms with Crippen molar-refractivity contribution in [3.05, 3.63) is 35.6 Å². The molecule has 1 unspecified atom stereocenters. The SMILES string of the molecule is CN(C)CC(C(=O)O)c1cccc(F)c1. The first kappa shape index (κ1) is 11.7. The topological polar surface area (TPSA) is 40.5 Å². The second kappa shape index (κ2) is 4.89. The van der Waals surface area contributed by atoms with Crippen LogP contribution in [0, 0.1) is 5.82 Å². The van der Waals surface area contributed by atoms with Crippen molar-refractivity contribution in [2.45, 2.75) is 5.92 Å². The van der Waals surface area contributed by atoms with Crippen molar-refractivity contribution in [2.24, 2.45) is 0 Å². The zero-order valence-electron chi connectivity index (χ0n) is 8.77. The molecule has 4 heteroatoms. The van der Waals surface area contributed by atoms with Gasteiger partial charge in [0.05, 0.1) is 5.92 Å². The highest BCUT2D eigenvalue weighted by Gasteiger charge is 2.20. The fraction of sp³-hybridized carbons (Fsp3) is 0.364. The van der Waals surface area contributed by atoms with Crippen molar-refractivity contribution in [3.63, 3.8) is 0 Å². The van der Waals surface area contributed by atoms with Crippen LogP contribution in [0.3, 0.4) is 0 Å². The molecule has 82 valence electrons. The van der Waals surface area contributed by atoms with Gasteiger partial charge in [-0.1, -0.05) is 12.1 Å². The summed E-state index contributed by atoms with van der Waals surface area (Å²) in [5.74, 6) is -2.03. The average molecular weight is 211 g/mol. The number of likely N-dealkylation sites (N-methyl/N-ethyl adjacent to an activating group) is 1. The van der Waals surface area contributed by atoms with Gasteiger partial charge in [0, 0.05) is 6.54 Å². The molecule has 1 rings (SSSR count). The predicted molar refractivity (Wildman–Crippen MR) is 55.3 cm³/mol. The van der Waals surface area contributed by atoms with Crippen molar-refractivity contribution < 1.29 is 14.3 Å². The van der Waals surface area contributed by atoms with Crippen LogP contribution in [0.2, 0.25) is 0 Å².